The Labute approximate surface area is 233 Å². The van der Waals surface area contributed by atoms with Crippen LogP contribution in [0.4, 0.5) is 34.1 Å². The molecule has 2 nitrogen and oxygen atoms in total. The summed E-state index contributed by atoms with van der Waals surface area (Å²) in [7, 11) is 0. The summed E-state index contributed by atoms with van der Waals surface area (Å²) in [6.07, 6.45) is 0. The molecule has 0 saturated carbocycles. The van der Waals surface area contributed by atoms with Crippen molar-refractivity contribution in [1.82, 2.24) is 0 Å². The average Bonchev–Trinajstić information content (AvgIpc) is 2.93. The van der Waals surface area contributed by atoms with Crippen molar-refractivity contribution in [1.29, 1.82) is 0 Å². The summed E-state index contributed by atoms with van der Waals surface area (Å²) in [4.78, 5) is 4.85. The van der Waals surface area contributed by atoms with Gasteiger partial charge in [0.15, 0.2) is 0 Å². The second kappa shape index (κ2) is 8.61. The van der Waals surface area contributed by atoms with Crippen molar-refractivity contribution in [2.24, 2.45) is 0 Å². The van der Waals surface area contributed by atoms with E-state index in [1.54, 1.807) is 0 Å². The monoisotopic (exact) mass is 556 g/mol. The van der Waals surface area contributed by atoms with E-state index in [0.29, 0.717) is 5.92 Å². The normalized spacial score (nSPS) is 15.4. The highest BCUT2D eigenvalue weighted by Gasteiger charge is 2.37. The molecular formula is C35H29BrN2. The molecule has 0 radical (unpaired) electrons. The van der Waals surface area contributed by atoms with Crippen molar-refractivity contribution in [2.45, 2.75) is 32.1 Å². The van der Waals surface area contributed by atoms with Gasteiger partial charge in [-0.05, 0) is 64.7 Å². The highest BCUT2D eigenvalue weighted by molar-refractivity contribution is 9.10. The van der Waals surface area contributed by atoms with Gasteiger partial charge in [-0.15, -0.1) is 0 Å². The first-order valence-electron chi connectivity index (χ1n) is 13.2. The van der Waals surface area contributed by atoms with Gasteiger partial charge in [0.1, 0.15) is 0 Å². The molecule has 0 fully saturated rings. The van der Waals surface area contributed by atoms with Crippen LogP contribution in [-0.2, 0) is 5.41 Å². The van der Waals surface area contributed by atoms with Crippen LogP contribution in [0.5, 0.6) is 0 Å². The van der Waals surface area contributed by atoms with Crippen LogP contribution in [0.3, 0.4) is 0 Å². The highest BCUT2D eigenvalue weighted by atomic mass is 79.9. The van der Waals surface area contributed by atoms with Crippen LogP contribution >= 0.6 is 15.9 Å². The molecule has 0 aromatic heterocycles. The first-order valence-corrected chi connectivity index (χ1v) is 14.0. The SMILES string of the molecule is CC1c2ccccc2N(c2cc(Br)cc(N3c4ccccc4C(C)(C)c4ccccc43)c2)c2ccccc21. The molecular weight excluding hydrogens is 528 g/mol. The zero-order valence-corrected chi connectivity index (χ0v) is 23.4. The van der Waals surface area contributed by atoms with E-state index in [9.17, 15) is 0 Å². The lowest BCUT2D eigenvalue weighted by molar-refractivity contribution is 0.632. The Hall–Kier alpha value is -3.82. The maximum atomic E-state index is 3.89. The molecule has 0 spiro atoms. The first-order chi connectivity index (χ1) is 18.4. The minimum atomic E-state index is -0.0839. The summed E-state index contributed by atoms with van der Waals surface area (Å²) in [6, 6.07) is 42.1. The van der Waals surface area contributed by atoms with Crippen LogP contribution < -0.4 is 9.80 Å². The van der Waals surface area contributed by atoms with Crippen molar-refractivity contribution in [3.05, 3.63) is 142 Å². The smallest absolute Gasteiger partial charge is 0.0502 e. The van der Waals surface area contributed by atoms with Crippen LogP contribution in [0, 0.1) is 0 Å². The fourth-order valence-electron chi connectivity index (χ4n) is 6.45. The van der Waals surface area contributed by atoms with Gasteiger partial charge in [-0.2, -0.15) is 0 Å². The summed E-state index contributed by atoms with van der Waals surface area (Å²) in [5.74, 6) is 0.341. The third kappa shape index (κ3) is 3.38. The average molecular weight is 558 g/mol. The predicted octanol–water partition coefficient (Wildman–Crippen LogP) is 10.5. The van der Waals surface area contributed by atoms with E-state index in [1.807, 2.05) is 0 Å². The van der Waals surface area contributed by atoms with Crippen molar-refractivity contribution in [3.63, 3.8) is 0 Å². The number of nitrogens with zero attached hydrogens (tertiary/aromatic N) is 2. The molecule has 38 heavy (non-hydrogen) atoms. The van der Waals surface area contributed by atoms with E-state index in [4.69, 9.17) is 0 Å². The summed E-state index contributed by atoms with van der Waals surface area (Å²) in [5, 5.41) is 0. The molecule has 2 aliphatic rings. The summed E-state index contributed by atoms with van der Waals surface area (Å²) in [6.45, 7) is 6.97. The molecule has 0 saturated heterocycles. The fourth-order valence-corrected chi connectivity index (χ4v) is 6.92. The second-order valence-corrected chi connectivity index (χ2v) is 11.8. The molecule has 2 heterocycles. The van der Waals surface area contributed by atoms with Gasteiger partial charge in [-0.3, -0.25) is 0 Å². The highest BCUT2D eigenvalue weighted by Crippen LogP contribution is 2.54. The Morgan fingerprint density at radius 2 is 0.947 bits per heavy atom. The molecule has 7 rings (SSSR count). The molecule has 5 aromatic carbocycles. The van der Waals surface area contributed by atoms with Gasteiger partial charge in [0.05, 0.1) is 11.4 Å². The molecule has 3 heteroatoms. The van der Waals surface area contributed by atoms with Gasteiger partial charge in [-0.1, -0.05) is 109 Å². The van der Waals surface area contributed by atoms with Gasteiger partial charge in [0.25, 0.3) is 0 Å². The molecule has 0 aliphatic carbocycles. The largest absolute Gasteiger partial charge is 0.310 e. The van der Waals surface area contributed by atoms with Crippen LogP contribution in [0.25, 0.3) is 0 Å². The van der Waals surface area contributed by atoms with Crippen molar-refractivity contribution >= 4 is 50.1 Å². The lowest BCUT2D eigenvalue weighted by Crippen LogP contribution is -2.30. The quantitative estimate of drug-likeness (QED) is 0.213. The maximum Gasteiger partial charge on any atom is 0.0502 e. The van der Waals surface area contributed by atoms with E-state index < -0.39 is 0 Å². The summed E-state index contributed by atoms with van der Waals surface area (Å²) < 4.78 is 1.05. The number of rotatable bonds is 2. The summed E-state index contributed by atoms with van der Waals surface area (Å²) in [5.41, 5.74) is 12.5. The van der Waals surface area contributed by atoms with Crippen LogP contribution in [0.1, 0.15) is 48.9 Å². The van der Waals surface area contributed by atoms with E-state index >= 15 is 0 Å². The Bertz CT molecular complexity index is 1610. The molecule has 2 aliphatic heterocycles. The Balaban J connectivity index is 1.47. The van der Waals surface area contributed by atoms with Crippen LogP contribution in [0.15, 0.2) is 120 Å². The van der Waals surface area contributed by atoms with Crippen molar-refractivity contribution in [2.75, 3.05) is 9.80 Å². The predicted molar refractivity (Wildman–Crippen MR) is 163 cm³/mol. The minimum Gasteiger partial charge on any atom is -0.310 e. The van der Waals surface area contributed by atoms with E-state index in [1.165, 1.54) is 45.0 Å². The molecule has 186 valence electrons. The number of para-hydroxylation sites is 4. The van der Waals surface area contributed by atoms with E-state index in [-0.39, 0.29) is 5.41 Å². The zero-order valence-electron chi connectivity index (χ0n) is 21.8. The van der Waals surface area contributed by atoms with Crippen LogP contribution in [-0.4, -0.2) is 0 Å². The lowest BCUT2D eigenvalue weighted by atomic mass is 9.73. The summed E-state index contributed by atoms with van der Waals surface area (Å²) >= 11 is 3.89. The molecule has 0 unspecified atom stereocenters. The topological polar surface area (TPSA) is 6.48 Å². The molecule has 0 amide bonds. The number of hydrogen-bond acceptors (Lipinski definition) is 2. The van der Waals surface area contributed by atoms with Gasteiger partial charge in [0, 0.05) is 38.6 Å². The van der Waals surface area contributed by atoms with Crippen molar-refractivity contribution < 1.29 is 0 Å². The number of halogens is 1. The first kappa shape index (κ1) is 23.3. The Morgan fingerprint density at radius 1 is 0.553 bits per heavy atom. The van der Waals surface area contributed by atoms with E-state index in [2.05, 4.69) is 162 Å². The third-order valence-electron chi connectivity index (χ3n) is 8.31. The Morgan fingerprint density at radius 3 is 1.45 bits per heavy atom. The molecule has 0 atom stereocenters. The number of fused-ring (bicyclic) bond motifs is 4. The van der Waals surface area contributed by atoms with Gasteiger partial charge >= 0.3 is 0 Å². The van der Waals surface area contributed by atoms with E-state index in [0.717, 1.165) is 15.8 Å². The molecule has 5 aromatic rings. The number of hydrogen-bond donors (Lipinski definition) is 0. The molecule has 0 N–H and O–H groups in total. The van der Waals surface area contributed by atoms with Gasteiger partial charge < -0.3 is 9.80 Å². The zero-order chi connectivity index (χ0) is 26.0. The minimum absolute atomic E-state index is 0.0839. The third-order valence-corrected chi connectivity index (χ3v) is 8.77. The maximum absolute atomic E-state index is 3.89. The number of benzene rings is 5. The standard InChI is InChI=1S/C35H29BrN2/c1-23-27-12-4-8-16-31(27)37(32-17-9-5-13-28(23)32)25-20-24(36)21-26(22-25)38-33-18-10-6-14-29(33)35(2,3)30-15-7-11-19-34(30)38/h4-23H,1-3H3. The Kier molecular flexibility index (Phi) is 5.28. The van der Waals surface area contributed by atoms with Gasteiger partial charge in [-0.25, -0.2) is 0 Å². The van der Waals surface area contributed by atoms with Crippen molar-refractivity contribution in [3.8, 4) is 0 Å². The fraction of sp³-hybridized carbons (Fsp3) is 0.143. The van der Waals surface area contributed by atoms with Crippen LogP contribution in [0.2, 0.25) is 0 Å². The van der Waals surface area contributed by atoms with Gasteiger partial charge in [0.2, 0.25) is 0 Å². The number of anilines is 6. The lowest BCUT2D eigenvalue weighted by Gasteiger charge is -2.42. The second-order valence-electron chi connectivity index (χ2n) is 10.8. The molecule has 0 bridgehead atoms.